The first kappa shape index (κ1) is 64.5. The number of aromatic nitrogens is 3. The number of nitrogens with zero attached hydrogens (tertiary/aromatic N) is 5. The molecule has 0 saturated carbocycles. The number of aliphatic hydroxyl groups excluding tert-OH is 3. The molecule has 20 atom stereocenters. The lowest BCUT2D eigenvalue weighted by molar-refractivity contribution is -0.318. The Balaban J connectivity index is 1.49. The molecular formula is C53H88FN5O17S. The molecule has 0 bridgehead atoms. The summed E-state index contributed by atoms with van der Waals surface area (Å²) in [6.07, 6.45) is -8.62. The van der Waals surface area contributed by atoms with Gasteiger partial charge in [0.25, 0.3) is 0 Å². The number of likely N-dealkylation sites (N-methyl/N-ethyl adjacent to an activating group) is 1. The SMILES string of the molecule is CC[C@H]1OC(=O)[C@H](C)[C@@H](O[C@H]2C[C@@](C)(OC)[C@@H](O)[C@H](C)O2)[C@H](C)[C@@H](O[C@@H]2O[C@H](C)C[C@H](N(C)CCc3cn([C@H](CF)[C@H](OC)c4ccc(S(C)(=O)=O)cc4)nn3)[C@H]2O)[C@](C)(O)C[C@@H](C)/C(=N\OCOC)[C@H](C)[C@@H](O)[C@]1(C)O. The predicted octanol–water partition coefficient (Wildman–Crippen LogP) is 3.70. The molecule has 0 aliphatic carbocycles. The number of benzene rings is 1. The number of alkyl halides is 1. The number of carbonyl (C=O) groups excluding carboxylic acids is 1. The van der Waals surface area contributed by atoms with Crippen molar-refractivity contribution in [2.24, 2.45) is 28.8 Å². The van der Waals surface area contributed by atoms with E-state index in [-0.39, 0.29) is 36.7 Å². The summed E-state index contributed by atoms with van der Waals surface area (Å²) < 4.78 is 89.3. The van der Waals surface area contributed by atoms with Crippen molar-refractivity contribution >= 4 is 21.5 Å². The molecule has 0 spiro atoms. The first-order valence-electron chi connectivity index (χ1n) is 26.5. The number of sulfone groups is 1. The van der Waals surface area contributed by atoms with E-state index >= 15 is 0 Å². The van der Waals surface area contributed by atoms with Gasteiger partial charge in [0, 0.05) is 77.0 Å². The molecule has 24 heteroatoms. The fraction of sp³-hybridized carbons (Fsp3) is 0.811. The van der Waals surface area contributed by atoms with Crippen LogP contribution in [0, 0.1) is 23.7 Å². The molecule has 3 aliphatic heterocycles. The van der Waals surface area contributed by atoms with Crippen LogP contribution in [0.5, 0.6) is 0 Å². The Morgan fingerprint density at radius 2 is 1.62 bits per heavy atom. The summed E-state index contributed by atoms with van der Waals surface area (Å²) in [6.45, 7) is 15.9. The van der Waals surface area contributed by atoms with Gasteiger partial charge in [0.05, 0.1) is 63.9 Å². The highest BCUT2D eigenvalue weighted by Gasteiger charge is 2.53. The monoisotopic (exact) mass is 1120 g/mol. The lowest BCUT2D eigenvalue weighted by Crippen LogP contribution is -2.61. The maximum atomic E-state index is 14.8. The van der Waals surface area contributed by atoms with E-state index in [1.54, 1.807) is 73.7 Å². The average Bonchev–Trinajstić information content (AvgIpc) is 3.85. The zero-order valence-corrected chi connectivity index (χ0v) is 48.3. The topological polar surface area (TPSA) is 282 Å². The molecule has 3 saturated heterocycles. The first-order valence-corrected chi connectivity index (χ1v) is 28.4. The number of esters is 1. The third-order valence-electron chi connectivity index (χ3n) is 16.1. The van der Waals surface area contributed by atoms with E-state index in [4.69, 9.17) is 42.7 Å². The quantitative estimate of drug-likeness (QED) is 0.0580. The fourth-order valence-electron chi connectivity index (χ4n) is 11.4. The normalized spacial score (nSPS) is 38.5. The highest BCUT2D eigenvalue weighted by Crippen LogP contribution is 2.41. The van der Waals surface area contributed by atoms with E-state index in [1.165, 1.54) is 45.1 Å². The number of cyclic esters (lactones) is 1. The van der Waals surface area contributed by atoms with Gasteiger partial charge in [-0.25, -0.2) is 17.5 Å². The Morgan fingerprint density at radius 3 is 2.21 bits per heavy atom. The number of hydrogen-bond donors (Lipinski definition) is 5. The van der Waals surface area contributed by atoms with Gasteiger partial charge in [-0.05, 0) is 85.5 Å². The van der Waals surface area contributed by atoms with E-state index in [0.29, 0.717) is 30.6 Å². The van der Waals surface area contributed by atoms with Gasteiger partial charge in [-0.3, -0.25) is 4.79 Å². The van der Waals surface area contributed by atoms with Crippen LogP contribution in [-0.4, -0.2) is 204 Å². The maximum Gasteiger partial charge on any atom is 0.311 e. The van der Waals surface area contributed by atoms with Crippen LogP contribution in [0.25, 0.3) is 0 Å². The third-order valence-corrected chi connectivity index (χ3v) is 17.2. The van der Waals surface area contributed by atoms with E-state index in [1.807, 2.05) is 18.9 Å². The molecule has 0 amide bonds. The predicted molar refractivity (Wildman–Crippen MR) is 279 cm³/mol. The smallest absolute Gasteiger partial charge is 0.311 e. The highest BCUT2D eigenvalue weighted by molar-refractivity contribution is 7.90. The molecule has 5 rings (SSSR count). The number of carbonyl (C=O) groups is 1. The van der Waals surface area contributed by atoms with Gasteiger partial charge < -0.3 is 73.2 Å². The van der Waals surface area contributed by atoms with Crippen molar-refractivity contribution in [3.8, 4) is 0 Å². The second-order valence-corrected chi connectivity index (χ2v) is 24.3. The van der Waals surface area contributed by atoms with E-state index < -0.39 is 143 Å². The van der Waals surface area contributed by atoms with Crippen molar-refractivity contribution in [3.05, 3.63) is 41.7 Å². The second kappa shape index (κ2) is 27.0. The zero-order chi connectivity index (χ0) is 57.5. The molecule has 0 unspecified atom stereocenters. The van der Waals surface area contributed by atoms with Crippen LogP contribution in [-0.2, 0) is 63.8 Å². The summed E-state index contributed by atoms with van der Waals surface area (Å²) in [5.74, 6) is -4.49. The lowest BCUT2D eigenvalue weighted by atomic mass is 9.73. The van der Waals surface area contributed by atoms with Crippen molar-refractivity contribution in [2.45, 2.75) is 203 Å². The maximum absolute atomic E-state index is 14.8. The number of oxime groups is 1. The minimum absolute atomic E-state index is 0.0381. The molecule has 1 aromatic heterocycles. The number of hydrogen-bond acceptors (Lipinski definition) is 21. The largest absolute Gasteiger partial charge is 0.459 e. The Kier molecular flexibility index (Phi) is 22.6. The van der Waals surface area contributed by atoms with Crippen molar-refractivity contribution in [1.82, 2.24) is 19.9 Å². The summed E-state index contributed by atoms with van der Waals surface area (Å²) >= 11 is 0. The number of aliphatic hydroxyl groups is 5. The Morgan fingerprint density at radius 1 is 0.961 bits per heavy atom. The van der Waals surface area contributed by atoms with Crippen molar-refractivity contribution in [1.29, 1.82) is 0 Å². The molecule has 5 N–H and O–H groups in total. The van der Waals surface area contributed by atoms with Gasteiger partial charge in [-0.2, -0.15) is 0 Å². The fourth-order valence-corrected chi connectivity index (χ4v) is 12.1. The number of rotatable bonds is 19. The summed E-state index contributed by atoms with van der Waals surface area (Å²) in [4.78, 5) is 22.1. The second-order valence-electron chi connectivity index (χ2n) is 22.3. The summed E-state index contributed by atoms with van der Waals surface area (Å²) in [7, 11) is 2.70. The molecule has 2 aromatic rings. The molecule has 0 radical (unpaired) electrons. The zero-order valence-electron chi connectivity index (χ0n) is 47.5. The van der Waals surface area contributed by atoms with Gasteiger partial charge in [-0.15, -0.1) is 5.10 Å². The van der Waals surface area contributed by atoms with Crippen LogP contribution in [0.3, 0.4) is 0 Å². The van der Waals surface area contributed by atoms with E-state index in [0.717, 1.165) is 6.26 Å². The third kappa shape index (κ3) is 15.2. The van der Waals surface area contributed by atoms with Gasteiger partial charge in [0.1, 0.15) is 42.7 Å². The minimum Gasteiger partial charge on any atom is -0.459 e. The van der Waals surface area contributed by atoms with Crippen LogP contribution in [0.1, 0.15) is 118 Å². The standard InChI is InChI=1S/C53H88FN5O17S/c1-16-40-53(10,65)46(61)31(4)42(56-71-28-68-12)29(2)24-51(8,64)48(32(5)44(33(6)49(63)74-40)75-41-25-52(9,70-14)47(62)34(7)73-41)76-50-43(60)38(23-30(3)72-50)58(11)22-21-36-27-59(57-55-36)39(26-54)45(69-13)35-17-19-37(20-18-35)77(15,66)67/h17-20,27,29-34,38-41,43-48,50,60-62,64-65H,16,21-26,28H2,1-15H3/b56-42+/t29-,30-,31+,32+,33-,34+,38+,39-,40-,41+,43-,44+,45-,46-,47+,48-,50+,51-,52-,53-/m1/s1. The van der Waals surface area contributed by atoms with Gasteiger partial charge >= 0.3 is 5.97 Å². The van der Waals surface area contributed by atoms with Gasteiger partial charge in [0.15, 0.2) is 22.4 Å². The number of methoxy groups -OCH3 is 3. The van der Waals surface area contributed by atoms with Crippen molar-refractivity contribution in [2.75, 3.05) is 54.6 Å². The van der Waals surface area contributed by atoms with E-state index in [9.17, 15) is 43.1 Å². The van der Waals surface area contributed by atoms with Crippen LogP contribution >= 0.6 is 0 Å². The summed E-state index contributed by atoms with van der Waals surface area (Å²) in [6, 6.07) is 4.55. The molecule has 440 valence electrons. The minimum atomic E-state index is -3.45. The van der Waals surface area contributed by atoms with Crippen molar-refractivity contribution in [3.63, 3.8) is 0 Å². The van der Waals surface area contributed by atoms with Crippen LogP contribution < -0.4 is 0 Å². The molecule has 77 heavy (non-hydrogen) atoms. The molecule has 3 fully saturated rings. The molecule has 4 heterocycles. The van der Waals surface area contributed by atoms with Gasteiger partial charge in [-0.1, -0.05) is 50.2 Å². The summed E-state index contributed by atoms with van der Waals surface area (Å²) in [5.41, 5.74) is -3.67. The van der Waals surface area contributed by atoms with Crippen molar-refractivity contribution < 1.29 is 85.9 Å². The van der Waals surface area contributed by atoms with Crippen LogP contribution in [0.4, 0.5) is 4.39 Å². The summed E-state index contributed by atoms with van der Waals surface area (Å²) in [5, 5.41) is 73.4. The number of ether oxygens (including phenoxy) is 8. The Labute approximate surface area is 453 Å². The molecule has 3 aliphatic rings. The van der Waals surface area contributed by atoms with Gasteiger partial charge in [0.2, 0.25) is 6.79 Å². The Hall–Kier alpha value is -3.34. The molecule has 22 nitrogen and oxygen atoms in total. The Bertz CT molecular complexity index is 2330. The average molecular weight is 1120 g/mol. The molecule has 1 aromatic carbocycles. The van der Waals surface area contributed by atoms with Crippen LogP contribution in [0.2, 0.25) is 0 Å². The number of halogens is 1. The highest BCUT2D eigenvalue weighted by atomic mass is 32.2. The molecular weight excluding hydrogens is 1030 g/mol. The van der Waals surface area contributed by atoms with Crippen LogP contribution in [0.15, 0.2) is 40.5 Å². The lowest BCUT2D eigenvalue weighted by Gasteiger charge is -2.49. The van der Waals surface area contributed by atoms with E-state index in [2.05, 4.69) is 15.5 Å². The first-order chi connectivity index (χ1) is 36.0.